The first-order chi connectivity index (χ1) is 8.15. The Morgan fingerprint density at radius 3 is 2.65 bits per heavy atom. The minimum Gasteiger partial charge on any atom is -0.355 e. The highest BCUT2D eigenvalue weighted by molar-refractivity contribution is 7.99. The lowest BCUT2D eigenvalue weighted by molar-refractivity contribution is -0.120. The third-order valence-electron chi connectivity index (χ3n) is 2.44. The van der Waals surface area contributed by atoms with Crippen LogP contribution in [0.2, 0.25) is 0 Å². The van der Waals surface area contributed by atoms with Gasteiger partial charge < -0.3 is 5.32 Å². The molecule has 0 spiro atoms. The number of hydrogen-bond donors (Lipinski definition) is 1. The molecule has 0 radical (unpaired) electrons. The number of carbonyl (C=O) groups excluding carboxylic acids is 1. The fourth-order valence-electron chi connectivity index (χ4n) is 1.29. The fraction of sp³-hybridized carbons (Fsp3) is 0.385. The number of nitriles is 1. The molecule has 0 aromatic heterocycles. The molecule has 0 aliphatic carbocycles. The van der Waals surface area contributed by atoms with Gasteiger partial charge in [0.1, 0.15) is 0 Å². The van der Waals surface area contributed by atoms with Crippen LogP contribution < -0.4 is 5.32 Å². The first-order valence-corrected chi connectivity index (χ1v) is 6.73. The molecule has 1 aromatic carbocycles. The smallest absolute Gasteiger partial charge is 0.224 e. The molecule has 17 heavy (non-hydrogen) atoms. The van der Waals surface area contributed by atoms with E-state index < -0.39 is 0 Å². The van der Waals surface area contributed by atoms with Crippen molar-refractivity contribution in [2.45, 2.75) is 18.6 Å². The Morgan fingerprint density at radius 1 is 1.47 bits per heavy atom. The van der Waals surface area contributed by atoms with E-state index >= 15 is 0 Å². The van der Waals surface area contributed by atoms with E-state index in [1.807, 2.05) is 18.4 Å². The van der Waals surface area contributed by atoms with Crippen molar-refractivity contribution in [3.8, 4) is 6.07 Å². The van der Waals surface area contributed by atoms with Gasteiger partial charge in [-0.1, -0.05) is 19.1 Å². The summed E-state index contributed by atoms with van der Waals surface area (Å²) in [5, 5.41) is 12.0. The summed E-state index contributed by atoms with van der Waals surface area (Å²) in [7, 11) is 0. The van der Waals surface area contributed by atoms with E-state index in [4.69, 9.17) is 5.26 Å². The Hall–Kier alpha value is -1.47. The minimum absolute atomic E-state index is 0.0237. The zero-order chi connectivity index (χ0) is 12.7. The SMILES string of the molecule is CSC(C)CNC(=O)Cc1ccc(C#N)cc1. The summed E-state index contributed by atoms with van der Waals surface area (Å²) in [5.41, 5.74) is 1.54. The summed E-state index contributed by atoms with van der Waals surface area (Å²) < 4.78 is 0. The zero-order valence-corrected chi connectivity index (χ0v) is 10.9. The van der Waals surface area contributed by atoms with Gasteiger partial charge in [0.15, 0.2) is 0 Å². The van der Waals surface area contributed by atoms with E-state index in [1.165, 1.54) is 0 Å². The van der Waals surface area contributed by atoms with Gasteiger partial charge in [-0.2, -0.15) is 17.0 Å². The van der Waals surface area contributed by atoms with Gasteiger partial charge in [-0.15, -0.1) is 0 Å². The molecule has 3 nitrogen and oxygen atoms in total. The van der Waals surface area contributed by atoms with Crippen molar-refractivity contribution in [1.82, 2.24) is 5.32 Å². The maximum absolute atomic E-state index is 11.6. The van der Waals surface area contributed by atoms with Crippen molar-refractivity contribution in [3.63, 3.8) is 0 Å². The van der Waals surface area contributed by atoms with E-state index in [-0.39, 0.29) is 5.91 Å². The molecular formula is C13H16N2OS. The second-order valence-corrected chi connectivity index (χ2v) is 5.11. The summed E-state index contributed by atoms with van der Waals surface area (Å²) in [6.45, 7) is 2.77. The number of carbonyl (C=O) groups is 1. The molecule has 1 amide bonds. The van der Waals surface area contributed by atoms with Crippen LogP contribution in [0.25, 0.3) is 0 Å². The first kappa shape index (κ1) is 13.6. The third kappa shape index (κ3) is 4.92. The van der Waals surface area contributed by atoms with Crippen molar-refractivity contribution in [3.05, 3.63) is 35.4 Å². The van der Waals surface area contributed by atoms with E-state index in [0.717, 1.165) is 5.56 Å². The van der Waals surface area contributed by atoms with Crippen LogP contribution in [0.4, 0.5) is 0 Å². The number of rotatable bonds is 5. The number of nitrogens with zero attached hydrogens (tertiary/aromatic N) is 1. The molecule has 0 fully saturated rings. The number of amides is 1. The van der Waals surface area contributed by atoms with Crippen LogP contribution in [-0.4, -0.2) is 24.0 Å². The van der Waals surface area contributed by atoms with Crippen LogP contribution in [-0.2, 0) is 11.2 Å². The minimum atomic E-state index is 0.0237. The molecule has 0 aliphatic rings. The molecule has 1 unspecified atom stereocenters. The largest absolute Gasteiger partial charge is 0.355 e. The normalized spacial score (nSPS) is 11.6. The van der Waals surface area contributed by atoms with E-state index in [2.05, 4.69) is 18.3 Å². The molecule has 1 N–H and O–H groups in total. The van der Waals surface area contributed by atoms with Crippen LogP contribution in [0.1, 0.15) is 18.1 Å². The standard InChI is InChI=1S/C13H16N2OS/c1-10(17-2)9-15-13(16)7-11-3-5-12(8-14)6-4-11/h3-6,10H,7,9H2,1-2H3,(H,15,16). The lowest BCUT2D eigenvalue weighted by Gasteiger charge is -2.09. The summed E-state index contributed by atoms with van der Waals surface area (Å²) in [4.78, 5) is 11.6. The molecule has 0 heterocycles. The Labute approximate surface area is 106 Å². The predicted molar refractivity (Wildman–Crippen MR) is 70.8 cm³/mol. The van der Waals surface area contributed by atoms with E-state index in [0.29, 0.717) is 23.8 Å². The summed E-state index contributed by atoms with van der Waals surface area (Å²) >= 11 is 1.73. The summed E-state index contributed by atoms with van der Waals surface area (Å²) in [6.07, 6.45) is 2.39. The molecule has 1 rings (SSSR count). The third-order valence-corrected chi connectivity index (χ3v) is 3.41. The average molecular weight is 248 g/mol. The van der Waals surface area contributed by atoms with Gasteiger partial charge in [0.2, 0.25) is 5.91 Å². The van der Waals surface area contributed by atoms with Crippen molar-refractivity contribution in [2.75, 3.05) is 12.8 Å². The quantitative estimate of drug-likeness (QED) is 0.866. The average Bonchev–Trinajstić information content (AvgIpc) is 2.36. The van der Waals surface area contributed by atoms with Crippen LogP contribution in [0.3, 0.4) is 0 Å². The van der Waals surface area contributed by atoms with Crippen molar-refractivity contribution >= 4 is 17.7 Å². The summed E-state index contributed by atoms with van der Waals surface area (Å²) in [6, 6.07) is 9.14. The number of hydrogen-bond acceptors (Lipinski definition) is 3. The fourth-order valence-corrected chi connectivity index (χ4v) is 1.54. The highest BCUT2D eigenvalue weighted by atomic mass is 32.2. The van der Waals surface area contributed by atoms with Gasteiger partial charge in [0.05, 0.1) is 18.1 Å². The number of benzene rings is 1. The Balaban J connectivity index is 2.43. The second-order valence-electron chi connectivity index (χ2n) is 3.84. The van der Waals surface area contributed by atoms with Gasteiger partial charge in [-0.25, -0.2) is 0 Å². The van der Waals surface area contributed by atoms with Crippen LogP contribution in [0.5, 0.6) is 0 Å². The second kappa shape index (κ2) is 6.97. The van der Waals surface area contributed by atoms with E-state index in [1.54, 1.807) is 23.9 Å². The number of nitrogens with one attached hydrogen (secondary N) is 1. The van der Waals surface area contributed by atoms with Gasteiger partial charge in [-0.05, 0) is 24.0 Å². The molecule has 1 atom stereocenters. The molecule has 0 saturated heterocycles. The number of thioether (sulfide) groups is 1. The maximum atomic E-state index is 11.6. The Morgan fingerprint density at radius 2 is 2.12 bits per heavy atom. The van der Waals surface area contributed by atoms with Crippen LogP contribution in [0.15, 0.2) is 24.3 Å². The van der Waals surface area contributed by atoms with Gasteiger partial charge in [0.25, 0.3) is 0 Å². The molecule has 0 bridgehead atoms. The predicted octanol–water partition coefficient (Wildman–Crippen LogP) is 1.97. The molecule has 1 aromatic rings. The lowest BCUT2D eigenvalue weighted by Crippen LogP contribution is -2.30. The molecular weight excluding hydrogens is 232 g/mol. The zero-order valence-electron chi connectivity index (χ0n) is 10.1. The highest BCUT2D eigenvalue weighted by Gasteiger charge is 2.05. The first-order valence-electron chi connectivity index (χ1n) is 5.44. The molecule has 4 heteroatoms. The topological polar surface area (TPSA) is 52.9 Å². The molecule has 90 valence electrons. The Kier molecular flexibility index (Phi) is 5.58. The van der Waals surface area contributed by atoms with E-state index in [9.17, 15) is 4.79 Å². The summed E-state index contributed by atoms with van der Waals surface area (Å²) in [5.74, 6) is 0.0237. The van der Waals surface area contributed by atoms with Crippen LogP contribution in [0, 0.1) is 11.3 Å². The lowest BCUT2D eigenvalue weighted by atomic mass is 10.1. The maximum Gasteiger partial charge on any atom is 0.224 e. The van der Waals surface area contributed by atoms with Crippen molar-refractivity contribution in [2.24, 2.45) is 0 Å². The van der Waals surface area contributed by atoms with Crippen molar-refractivity contribution in [1.29, 1.82) is 5.26 Å². The molecule has 0 saturated carbocycles. The van der Waals surface area contributed by atoms with Gasteiger partial charge >= 0.3 is 0 Å². The molecule has 0 aliphatic heterocycles. The Bertz CT molecular complexity index is 408. The monoisotopic (exact) mass is 248 g/mol. The van der Waals surface area contributed by atoms with Gasteiger partial charge in [0, 0.05) is 11.8 Å². The van der Waals surface area contributed by atoms with Gasteiger partial charge in [-0.3, -0.25) is 4.79 Å². The van der Waals surface area contributed by atoms with Crippen molar-refractivity contribution < 1.29 is 4.79 Å². The van der Waals surface area contributed by atoms with Crippen LogP contribution >= 0.6 is 11.8 Å². The highest BCUT2D eigenvalue weighted by Crippen LogP contribution is 2.05.